The number of amides is 2. The second-order valence-electron chi connectivity index (χ2n) is 12.2. The molecule has 1 N–H and O–H groups in total. The number of alkyl carbamates (subject to hydrolysis) is 1. The summed E-state index contributed by atoms with van der Waals surface area (Å²) < 4.78 is 11.7. The van der Waals surface area contributed by atoms with Crippen LogP contribution in [-0.2, 0) is 16.0 Å². The molecule has 0 spiro atoms. The number of ether oxygens (including phenoxy) is 2. The van der Waals surface area contributed by atoms with E-state index >= 15 is 0 Å². The molecule has 2 aromatic carbocycles. The smallest absolute Gasteiger partial charge is 0.408 e. The van der Waals surface area contributed by atoms with E-state index in [0.29, 0.717) is 36.2 Å². The zero-order chi connectivity index (χ0) is 29.6. The number of benzene rings is 2. The lowest BCUT2D eigenvalue weighted by atomic mass is 9.88. The van der Waals surface area contributed by atoms with E-state index in [2.05, 4.69) is 16.3 Å². The Balaban J connectivity index is 1.41. The number of carbonyl (C=O) groups excluding carboxylic acids is 2. The number of nitrogens with zero attached hydrogens (tertiary/aromatic N) is 2. The van der Waals surface area contributed by atoms with Crippen molar-refractivity contribution in [1.29, 1.82) is 0 Å². The summed E-state index contributed by atoms with van der Waals surface area (Å²) in [6.07, 6.45) is 3.87. The topological polar surface area (TPSA) is 71.1 Å². The van der Waals surface area contributed by atoms with Crippen LogP contribution in [0.3, 0.4) is 0 Å². The first kappa shape index (κ1) is 31.5. The van der Waals surface area contributed by atoms with Crippen LogP contribution in [-0.4, -0.2) is 72.8 Å². The van der Waals surface area contributed by atoms with Crippen LogP contribution in [0.5, 0.6) is 5.75 Å². The van der Waals surface area contributed by atoms with Gasteiger partial charge >= 0.3 is 6.09 Å². The number of nitrogens with one attached hydrogen (secondary N) is 1. The summed E-state index contributed by atoms with van der Waals surface area (Å²) in [5.41, 5.74) is 2.40. The average Bonchev–Trinajstić information content (AvgIpc) is 3.42. The van der Waals surface area contributed by atoms with Gasteiger partial charge < -0.3 is 19.7 Å². The van der Waals surface area contributed by atoms with E-state index in [1.54, 1.807) is 26.8 Å². The van der Waals surface area contributed by atoms with Gasteiger partial charge in [0.2, 0.25) is 5.91 Å². The first-order chi connectivity index (χ1) is 19.5. The molecule has 0 radical (unpaired) electrons. The van der Waals surface area contributed by atoms with Crippen LogP contribution < -0.4 is 10.1 Å². The van der Waals surface area contributed by atoms with E-state index in [4.69, 9.17) is 32.7 Å². The van der Waals surface area contributed by atoms with Crippen LogP contribution in [0.15, 0.2) is 36.4 Å². The third-order valence-corrected chi connectivity index (χ3v) is 8.27. The highest BCUT2D eigenvalue weighted by Gasteiger charge is 2.32. The highest BCUT2D eigenvalue weighted by molar-refractivity contribution is 6.31. The molecule has 2 saturated heterocycles. The van der Waals surface area contributed by atoms with Crippen molar-refractivity contribution >= 4 is 35.2 Å². The van der Waals surface area contributed by atoms with Crippen molar-refractivity contribution in [3.8, 4) is 5.75 Å². The van der Waals surface area contributed by atoms with Gasteiger partial charge in [-0.15, -0.1) is 0 Å². The van der Waals surface area contributed by atoms with Crippen LogP contribution in [0.2, 0.25) is 10.0 Å². The van der Waals surface area contributed by atoms with Crippen LogP contribution in [0.4, 0.5) is 4.79 Å². The Morgan fingerprint density at radius 2 is 1.66 bits per heavy atom. The molecule has 2 heterocycles. The highest BCUT2D eigenvalue weighted by atomic mass is 35.5. The van der Waals surface area contributed by atoms with Crippen LogP contribution in [0, 0.1) is 6.92 Å². The monoisotopic (exact) mass is 603 g/mol. The Kier molecular flexibility index (Phi) is 10.8. The number of hydrogen-bond acceptors (Lipinski definition) is 5. The maximum Gasteiger partial charge on any atom is 0.408 e. The third-order valence-electron chi connectivity index (χ3n) is 7.80. The maximum absolute atomic E-state index is 13.8. The van der Waals surface area contributed by atoms with E-state index in [-0.39, 0.29) is 11.8 Å². The van der Waals surface area contributed by atoms with Gasteiger partial charge in [-0.25, -0.2) is 4.79 Å². The van der Waals surface area contributed by atoms with Gasteiger partial charge in [0.1, 0.15) is 24.0 Å². The number of rotatable bonds is 9. The molecule has 0 saturated carbocycles. The zero-order valence-corrected chi connectivity index (χ0v) is 26.2. The molecule has 0 unspecified atom stereocenters. The number of hydrogen-bond donors (Lipinski definition) is 1. The standard InChI is InChI=1S/C32H43Cl2N3O4/c1-22-19-25(33)8-7-24(22)20-28(35-31(39)41-32(2,3)4)30(38)37-15-11-23(12-16-37)27-10-9-26(34)21-29(27)40-18-17-36-13-5-6-14-36/h7-10,19,21,23,28H,5-6,11-18,20H2,1-4H3,(H,35,39)/t28-/m1/s1. The lowest BCUT2D eigenvalue weighted by Gasteiger charge is -2.35. The van der Waals surface area contributed by atoms with Crippen molar-refractivity contribution in [1.82, 2.24) is 15.1 Å². The summed E-state index contributed by atoms with van der Waals surface area (Å²) in [5, 5.41) is 4.14. The minimum Gasteiger partial charge on any atom is -0.492 e. The van der Waals surface area contributed by atoms with Gasteiger partial charge in [-0.05, 0) is 113 Å². The zero-order valence-electron chi connectivity index (χ0n) is 24.7. The molecular weight excluding hydrogens is 561 g/mol. The molecule has 224 valence electrons. The van der Waals surface area contributed by atoms with Crippen molar-refractivity contribution in [2.75, 3.05) is 39.3 Å². The normalized spacial score (nSPS) is 17.4. The second kappa shape index (κ2) is 14.1. The fourth-order valence-corrected chi connectivity index (χ4v) is 6.04. The molecular formula is C32H43Cl2N3O4. The molecule has 2 fully saturated rings. The van der Waals surface area contributed by atoms with E-state index in [9.17, 15) is 9.59 Å². The summed E-state index contributed by atoms with van der Waals surface area (Å²) in [6.45, 7) is 12.4. The quantitative estimate of drug-likeness (QED) is 0.349. The van der Waals surface area contributed by atoms with Gasteiger partial charge in [-0.2, -0.15) is 0 Å². The Labute approximate surface area is 254 Å². The highest BCUT2D eigenvalue weighted by Crippen LogP contribution is 2.36. The molecule has 2 amide bonds. The van der Waals surface area contributed by atoms with Gasteiger partial charge in [0.05, 0.1) is 0 Å². The third kappa shape index (κ3) is 9.25. The van der Waals surface area contributed by atoms with Gasteiger partial charge in [-0.3, -0.25) is 9.69 Å². The average molecular weight is 605 g/mol. The predicted molar refractivity (Wildman–Crippen MR) is 164 cm³/mol. The maximum atomic E-state index is 13.8. The molecule has 0 bridgehead atoms. The largest absolute Gasteiger partial charge is 0.492 e. The Morgan fingerprint density at radius 3 is 2.32 bits per heavy atom. The lowest BCUT2D eigenvalue weighted by molar-refractivity contribution is -0.134. The molecule has 2 aromatic rings. The number of aryl methyl sites for hydroxylation is 1. The molecule has 4 rings (SSSR count). The molecule has 2 aliphatic heterocycles. The lowest BCUT2D eigenvalue weighted by Crippen LogP contribution is -2.52. The van der Waals surface area contributed by atoms with Crippen molar-refractivity contribution in [3.05, 3.63) is 63.1 Å². The Morgan fingerprint density at radius 1 is 1.00 bits per heavy atom. The minimum absolute atomic E-state index is 0.109. The number of carbonyl (C=O) groups is 2. The summed E-state index contributed by atoms with van der Waals surface area (Å²) in [7, 11) is 0. The van der Waals surface area contributed by atoms with Crippen molar-refractivity contribution in [2.24, 2.45) is 0 Å². The first-order valence-electron chi connectivity index (χ1n) is 14.7. The molecule has 9 heteroatoms. The van der Waals surface area contributed by atoms with E-state index in [1.165, 1.54) is 12.8 Å². The molecule has 0 aromatic heterocycles. The summed E-state index contributed by atoms with van der Waals surface area (Å²) in [4.78, 5) is 30.8. The van der Waals surface area contributed by atoms with Gasteiger partial charge in [-0.1, -0.05) is 35.3 Å². The molecule has 0 aliphatic carbocycles. The van der Waals surface area contributed by atoms with E-state index in [1.807, 2.05) is 36.1 Å². The van der Waals surface area contributed by atoms with E-state index in [0.717, 1.165) is 54.9 Å². The fourth-order valence-electron chi connectivity index (χ4n) is 5.65. The van der Waals surface area contributed by atoms with Crippen molar-refractivity contribution in [3.63, 3.8) is 0 Å². The fraction of sp³-hybridized carbons (Fsp3) is 0.562. The van der Waals surface area contributed by atoms with Gasteiger partial charge in [0.25, 0.3) is 0 Å². The van der Waals surface area contributed by atoms with E-state index < -0.39 is 17.7 Å². The molecule has 2 aliphatic rings. The summed E-state index contributed by atoms with van der Waals surface area (Å²) in [6, 6.07) is 10.7. The SMILES string of the molecule is Cc1cc(Cl)ccc1C[C@@H](NC(=O)OC(C)(C)C)C(=O)N1CCC(c2ccc(Cl)cc2OCCN2CCCC2)CC1. The van der Waals surface area contributed by atoms with Crippen LogP contribution in [0.1, 0.15) is 69.1 Å². The Hall–Kier alpha value is -2.48. The van der Waals surface area contributed by atoms with Crippen molar-refractivity contribution in [2.45, 2.75) is 77.4 Å². The molecule has 1 atom stereocenters. The summed E-state index contributed by atoms with van der Waals surface area (Å²) >= 11 is 12.5. The number of piperidine rings is 1. The van der Waals surface area contributed by atoms with Crippen molar-refractivity contribution < 1.29 is 19.1 Å². The van der Waals surface area contributed by atoms with Gasteiger partial charge in [0.15, 0.2) is 0 Å². The van der Waals surface area contributed by atoms with Crippen LogP contribution in [0.25, 0.3) is 0 Å². The second-order valence-corrected chi connectivity index (χ2v) is 13.0. The number of likely N-dealkylation sites (tertiary alicyclic amines) is 2. The predicted octanol–water partition coefficient (Wildman–Crippen LogP) is 6.62. The number of halogens is 2. The first-order valence-corrected chi connectivity index (χ1v) is 15.4. The summed E-state index contributed by atoms with van der Waals surface area (Å²) in [5.74, 6) is 0.986. The molecule has 7 nitrogen and oxygen atoms in total. The van der Waals surface area contributed by atoms with Crippen LogP contribution >= 0.6 is 23.2 Å². The minimum atomic E-state index is -0.749. The molecule has 41 heavy (non-hydrogen) atoms. The Bertz CT molecular complexity index is 1200. The van der Waals surface area contributed by atoms with Gasteiger partial charge in [0, 0.05) is 36.1 Å².